The maximum Gasteiger partial charge on any atom is 0.409 e. The molecule has 33 heteroatoms. The van der Waals surface area contributed by atoms with E-state index >= 15 is 0 Å². The Bertz CT molecular complexity index is 4590. The molecule has 2 aliphatic heterocycles. The highest BCUT2D eigenvalue weighted by Gasteiger charge is 2.48. The lowest BCUT2D eigenvalue weighted by molar-refractivity contribution is -0.271. The molecule has 11 N–H and O–H groups in total. The van der Waals surface area contributed by atoms with Gasteiger partial charge in [-0.25, -0.2) is 19.6 Å². The maximum absolute atomic E-state index is 14.3. The van der Waals surface area contributed by atoms with Gasteiger partial charge in [0.25, 0.3) is 17.7 Å². The fourth-order valence-electron chi connectivity index (χ4n) is 12.2. The van der Waals surface area contributed by atoms with Crippen molar-refractivity contribution in [3.05, 3.63) is 113 Å². The average Bonchev–Trinajstić information content (AvgIpc) is 1.57. The zero-order chi connectivity index (χ0) is 71.5. The number of anilines is 2. The Kier molecular flexibility index (Phi) is 20.6. The number of aryl methyl sites for hydroxylation is 4. The monoisotopic (exact) mass is 1380 g/mol. The van der Waals surface area contributed by atoms with Crippen molar-refractivity contribution >= 4 is 98.0 Å². The molecule has 2 fully saturated rings. The summed E-state index contributed by atoms with van der Waals surface area (Å²) in [6.45, 7) is 8.60. The van der Waals surface area contributed by atoms with Crippen molar-refractivity contribution in [2.75, 3.05) is 51.0 Å². The smallest absolute Gasteiger partial charge is 0.409 e. The number of aliphatic hydroxyl groups is 3. The van der Waals surface area contributed by atoms with Gasteiger partial charge in [0.2, 0.25) is 35.9 Å². The highest BCUT2D eigenvalue weighted by Crippen LogP contribution is 2.46. The van der Waals surface area contributed by atoms with Gasteiger partial charge in [0.1, 0.15) is 59.0 Å². The predicted molar refractivity (Wildman–Crippen MR) is 355 cm³/mol. The number of imidazole rings is 1. The van der Waals surface area contributed by atoms with Crippen molar-refractivity contribution in [1.82, 2.24) is 53.8 Å². The number of carbonyl (C=O) groups excluding carboxylic acids is 8. The van der Waals surface area contributed by atoms with Crippen molar-refractivity contribution in [1.29, 1.82) is 0 Å². The number of fused-ring (bicyclic) bond motifs is 4. The first-order chi connectivity index (χ1) is 47.8. The van der Waals surface area contributed by atoms with E-state index < -0.39 is 84.1 Å². The molecule has 5 aromatic heterocycles. The predicted octanol–water partition coefficient (Wildman–Crippen LogP) is 3.12. The van der Waals surface area contributed by atoms with Gasteiger partial charge in [0.15, 0.2) is 6.10 Å². The minimum Gasteiger partial charge on any atom is -0.495 e. The van der Waals surface area contributed by atoms with Crippen LogP contribution in [0.2, 0.25) is 0 Å². The second-order valence-electron chi connectivity index (χ2n) is 24.5. The number of aliphatic carboxylic acids is 1. The number of carbonyl (C=O) groups is 9. The van der Waals surface area contributed by atoms with Crippen LogP contribution in [-0.2, 0) is 66.2 Å². The van der Waals surface area contributed by atoms with Crippen LogP contribution >= 0.6 is 0 Å². The highest BCUT2D eigenvalue weighted by atomic mass is 16.7. The number of nitrogens with two attached hydrogens (primary N) is 2. The van der Waals surface area contributed by atoms with E-state index in [4.69, 9.17) is 45.1 Å². The van der Waals surface area contributed by atoms with Crippen LogP contribution in [0.25, 0.3) is 44.4 Å². The molecule has 1 saturated heterocycles. The molecule has 1 saturated carbocycles. The largest absolute Gasteiger partial charge is 0.495 e. The van der Waals surface area contributed by atoms with E-state index in [1.54, 1.807) is 29.8 Å². The molecule has 33 nitrogen and oxygen atoms in total. The number of imide groups is 1. The highest BCUT2D eigenvalue weighted by molar-refractivity contribution is 6.14. The van der Waals surface area contributed by atoms with Gasteiger partial charge in [-0.2, -0.15) is 10.2 Å². The van der Waals surface area contributed by atoms with Gasteiger partial charge < -0.3 is 80.2 Å². The second-order valence-corrected chi connectivity index (χ2v) is 24.5. The van der Waals surface area contributed by atoms with Crippen LogP contribution in [0.4, 0.5) is 16.4 Å². The first-order valence-electron chi connectivity index (χ1n) is 32.2. The Balaban J connectivity index is 0.801. The van der Waals surface area contributed by atoms with Gasteiger partial charge in [0, 0.05) is 99.8 Å². The number of aromatic nitrogens is 8. The number of methoxy groups -OCH3 is 1. The van der Waals surface area contributed by atoms with Crippen molar-refractivity contribution in [3.8, 4) is 28.6 Å². The standard InChI is InChI=1S/C67H75N15O18/c1-7-81-45(22-33(3)75-81)42-12-11-40-41-26-36(60(68)90)28-48(96-6)54(41)79(62(40)72-42)30-38-25-39(38)31-80-55-44(73-66(80)74-63(92)46-23-34(4)76-82(46)8-2)27-37(61(69)91)29-49(55)97-21-9-19-77(5)67(95)98-32-35-10-13-47(99-65-58(89)56(87)57(88)59(100-65)64(93)94)43(24-35)71-51(84)16-18-70-50(83)17-20-78-52(85)14-15-53(78)86/h10-15,22-24,26-29,38-39,56-59,65,87-89H,7-9,16-21,25,30-32H2,1-6H3,(H2,68,90)(H2,69,91)(H,70,83)(H,71,84)(H,93,94)(H,73,74,92)/t38-,39-,56-,57-,58+,59-,65+/m0/s1. The van der Waals surface area contributed by atoms with Gasteiger partial charge in [-0.15, -0.1) is 0 Å². The third-order valence-corrected chi connectivity index (χ3v) is 17.5. The van der Waals surface area contributed by atoms with Gasteiger partial charge in [-0.05, 0) is 119 Å². The fourth-order valence-corrected chi connectivity index (χ4v) is 12.2. The number of ether oxygens (including phenoxy) is 5. The number of nitrogens with one attached hydrogen (secondary N) is 3. The molecule has 3 aromatic carbocycles. The van der Waals surface area contributed by atoms with Crippen LogP contribution in [0.3, 0.4) is 0 Å². The summed E-state index contributed by atoms with van der Waals surface area (Å²) < 4.78 is 36.6. The molecule has 526 valence electrons. The summed E-state index contributed by atoms with van der Waals surface area (Å²) in [5, 5.41) is 59.9. The summed E-state index contributed by atoms with van der Waals surface area (Å²) in [5.74, 6) is -5.40. The second kappa shape index (κ2) is 29.4. The molecule has 7 atom stereocenters. The molecule has 8 amide bonds. The Hall–Kier alpha value is -11.3. The third-order valence-electron chi connectivity index (χ3n) is 17.5. The molecule has 100 heavy (non-hydrogen) atoms. The quantitative estimate of drug-likeness (QED) is 0.0240. The minimum atomic E-state index is -2.03. The number of aliphatic hydroxyl groups excluding tert-OH is 3. The Labute approximate surface area is 569 Å². The summed E-state index contributed by atoms with van der Waals surface area (Å²) in [4.78, 5) is 127. The first kappa shape index (κ1) is 70.0. The molecular weight excluding hydrogens is 1300 g/mol. The topological polar surface area (TPSA) is 447 Å². The van der Waals surface area contributed by atoms with E-state index in [2.05, 4.69) is 30.7 Å². The summed E-state index contributed by atoms with van der Waals surface area (Å²) in [7, 11) is 3.01. The number of hydrogen-bond donors (Lipinski definition) is 9. The Morgan fingerprint density at radius 1 is 0.740 bits per heavy atom. The number of hydrogen-bond acceptors (Lipinski definition) is 21. The number of amides is 8. The molecular formula is C67H75N15O18. The number of pyridine rings is 1. The number of benzene rings is 3. The molecule has 0 bridgehead atoms. The van der Waals surface area contributed by atoms with Gasteiger partial charge in [-0.3, -0.25) is 53.1 Å². The van der Waals surface area contributed by atoms with E-state index in [1.807, 2.05) is 48.2 Å². The van der Waals surface area contributed by atoms with Crippen LogP contribution in [0.1, 0.15) is 87.7 Å². The maximum atomic E-state index is 14.3. The third kappa shape index (κ3) is 14.9. The summed E-state index contributed by atoms with van der Waals surface area (Å²) >= 11 is 0. The summed E-state index contributed by atoms with van der Waals surface area (Å²) in [6, 6.07) is 18.0. The van der Waals surface area contributed by atoms with Crippen LogP contribution in [0, 0.1) is 25.7 Å². The van der Waals surface area contributed by atoms with Gasteiger partial charge in [0.05, 0.1) is 53.2 Å². The summed E-state index contributed by atoms with van der Waals surface area (Å²) in [6.07, 6.45) is -8.19. The van der Waals surface area contributed by atoms with Crippen LogP contribution < -0.4 is 41.6 Å². The number of carboxylic acids is 1. The number of carboxylic acid groups (broad SMARTS) is 1. The lowest BCUT2D eigenvalue weighted by Crippen LogP contribution is -2.61. The van der Waals surface area contributed by atoms with Crippen molar-refractivity contribution in [2.45, 2.75) is 117 Å². The first-order valence-corrected chi connectivity index (χ1v) is 32.2. The Morgan fingerprint density at radius 2 is 1.43 bits per heavy atom. The molecule has 7 heterocycles. The number of nitrogens with zero attached hydrogens (tertiary/aromatic N) is 10. The van der Waals surface area contributed by atoms with Crippen LogP contribution in [0.5, 0.6) is 17.2 Å². The molecule has 8 aromatic rings. The van der Waals surface area contributed by atoms with Crippen molar-refractivity contribution < 1.29 is 87.3 Å². The molecule has 3 aliphatic rings. The molecule has 0 spiro atoms. The van der Waals surface area contributed by atoms with E-state index in [-0.39, 0.29) is 115 Å². The SMILES string of the molecule is CCn1nc(C)cc1C(=O)Nc1nc2cc(C(N)=O)cc(OCCCN(C)C(=O)OCc3ccc(O[C@@H]4O[C@H](C(=O)O)[C@@H](O)[C@H](O)[C@H]4O)c(NC(=O)CCNC(=O)CCN4C(=O)C=CC4=O)c3)c2n1C[C@@H]1C[C@H]1Cn1c2nc(-c3cc(C)nn3CC)ccc2c2cc(C(N)=O)cc(OC)c21. The zero-order valence-corrected chi connectivity index (χ0v) is 55.4. The lowest BCUT2D eigenvalue weighted by atomic mass is 9.99. The normalized spacial score (nSPS) is 18.7. The van der Waals surface area contributed by atoms with E-state index in [0.29, 0.717) is 66.4 Å². The molecule has 0 radical (unpaired) electrons. The number of rotatable bonds is 29. The number of primary amides is 2. The van der Waals surface area contributed by atoms with Crippen molar-refractivity contribution in [3.63, 3.8) is 0 Å². The van der Waals surface area contributed by atoms with Gasteiger partial charge >= 0.3 is 12.1 Å². The van der Waals surface area contributed by atoms with Crippen LogP contribution in [0.15, 0.2) is 78.9 Å². The van der Waals surface area contributed by atoms with Gasteiger partial charge in [-0.1, -0.05) is 6.07 Å². The zero-order valence-electron chi connectivity index (χ0n) is 55.4. The Morgan fingerprint density at radius 3 is 2.13 bits per heavy atom. The minimum absolute atomic E-state index is 0.0107. The molecule has 1 aliphatic carbocycles. The lowest BCUT2D eigenvalue weighted by Gasteiger charge is -2.38. The van der Waals surface area contributed by atoms with Crippen molar-refractivity contribution in [2.24, 2.45) is 23.3 Å². The summed E-state index contributed by atoms with van der Waals surface area (Å²) in [5.41, 5.74) is 17.6. The molecule has 11 rings (SSSR count). The molecule has 0 unspecified atom stereocenters. The van der Waals surface area contributed by atoms with E-state index in [1.165, 1.54) is 49.4 Å². The van der Waals surface area contributed by atoms with E-state index in [9.17, 15) is 63.6 Å². The van der Waals surface area contributed by atoms with Crippen LogP contribution in [-0.4, -0.2) is 193 Å². The average molecular weight is 1380 g/mol. The fraction of sp³-hybridized carbons (Fsp3) is 0.388. The van der Waals surface area contributed by atoms with E-state index in [0.717, 1.165) is 39.2 Å².